The third kappa shape index (κ3) is 6.61. The molecule has 2 amide bonds. The number of anilines is 1. The first-order valence-electron chi connectivity index (χ1n) is 9.85. The maximum Gasteiger partial charge on any atom is 0.266 e. The Hall–Kier alpha value is -3.27. The van der Waals surface area contributed by atoms with Crippen molar-refractivity contribution >= 4 is 33.5 Å². The van der Waals surface area contributed by atoms with Gasteiger partial charge in [0.1, 0.15) is 0 Å². The number of amides is 2. The molecule has 2 aromatic rings. The Morgan fingerprint density at radius 1 is 1.06 bits per heavy atom. The Morgan fingerprint density at radius 2 is 1.74 bits per heavy atom. The first-order valence-corrected chi connectivity index (χ1v) is 11.3. The van der Waals surface area contributed by atoms with E-state index in [1.165, 1.54) is 30.3 Å². The second-order valence-corrected chi connectivity index (χ2v) is 8.52. The quantitative estimate of drug-likeness (QED) is 0.528. The molecule has 0 atom stereocenters. The van der Waals surface area contributed by atoms with Gasteiger partial charge in [-0.1, -0.05) is 26.7 Å². The fraction of sp³-hybridized carbons (Fsp3) is 0.333. The largest absolute Gasteiger partial charge is 0.543 e. The van der Waals surface area contributed by atoms with Gasteiger partial charge in [-0.3, -0.25) is 14.6 Å². The third-order valence-corrected chi connectivity index (χ3v) is 5.82. The zero-order chi connectivity index (χ0) is 23.0. The molecule has 1 aromatic heterocycles. The van der Waals surface area contributed by atoms with Gasteiger partial charge in [0.2, 0.25) is 5.91 Å². The molecule has 31 heavy (non-hydrogen) atoms. The van der Waals surface area contributed by atoms with Gasteiger partial charge < -0.3 is 15.2 Å². The van der Waals surface area contributed by atoms with Gasteiger partial charge in [0.15, 0.2) is 0 Å². The molecule has 0 unspecified atom stereocenters. The van der Waals surface area contributed by atoms with Gasteiger partial charge in [0.05, 0.1) is 22.1 Å². The van der Waals surface area contributed by atoms with Crippen LogP contribution in [-0.4, -0.2) is 31.2 Å². The highest BCUT2D eigenvalue weighted by Crippen LogP contribution is 2.16. The van der Waals surface area contributed by atoms with Crippen molar-refractivity contribution in [1.82, 2.24) is 9.71 Å². The number of carbonyl (C=O) groups is 3. The molecule has 166 valence electrons. The number of hydrogen-bond acceptors (Lipinski definition) is 7. The molecule has 0 aliphatic rings. The molecule has 2 N–H and O–H groups in total. The second-order valence-electron chi connectivity index (χ2n) is 6.84. The van der Waals surface area contributed by atoms with Crippen molar-refractivity contribution in [2.45, 2.75) is 50.8 Å². The molecule has 0 spiro atoms. The number of nitrogens with one attached hydrogen (secondary N) is 2. The molecule has 0 radical (unpaired) electrons. The number of aryl methyl sites for hydroxylation is 1. The van der Waals surface area contributed by atoms with E-state index >= 15 is 0 Å². The summed E-state index contributed by atoms with van der Waals surface area (Å²) in [5, 5.41) is 13.9. The number of nitrogens with zero attached hydrogens (tertiary/aromatic N) is 1. The maximum absolute atomic E-state index is 12.5. The Kier molecular flexibility index (Phi) is 8.26. The van der Waals surface area contributed by atoms with Gasteiger partial charge in [-0.25, -0.2) is 13.1 Å². The first-order chi connectivity index (χ1) is 14.7. The van der Waals surface area contributed by atoms with Crippen LogP contribution in [0.1, 0.15) is 65.9 Å². The molecule has 0 aliphatic heterocycles. The second kappa shape index (κ2) is 10.7. The average Bonchev–Trinajstić information content (AvgIpc) is 2.73. The molecule has 9 nitrogen and oxygen atoms in total. The number of pyridine rings is 1. The molecule has 10 heteroatoms. The van der Waals surface area contributed by atoms with Gasteiger partial charge in [0, 0.05) is 18.3 Å². The van der Waals surface area contributed by atoms with Crippen molar-refractivity contribution < 1.29 is 27.9 Å². The van der Waals surface area contributed by atoms with Crippen LogP contribution in [0.3, 0.4) is 0 Å². The molecule has 0 aliphatic carbocycles. The van der Waals surface area contributed by atoms with Crippen LogP contribution in [0.4, 0.5) is 5.69 Å². The number of carboxylic acid groups (broad SMARTS) is 1. The minimum Gasteiger partial charge on any atom is -0.543 e. The zero-order valence-electron chi connectivity index (χ0n) is 17.3. The lowest BCUT2D eigenvalue weighted by Crippen LogP contribution is -2.31. The molecular weight excluding hydrogens is 422 g/mol. The number of benzene rings is 1. The zero-order valence-corrected chi connectivity index (χ0v) is 18.1. The van der Waals surface area contributed by atoms with Crippen molar-refractivity contribution in [2.75, 3.05) is 5.32 Å². The number of carboxylic acids is 1. The Balaban J connectivity index is 2.20. The van der Waals surface area contributed by atoms with Crippen LogP contribution >= 0.6 is 0 Å². The van der Waals surface area contributed by atoms with Gasteiger partial charge in [0.25, 0.3) is 15.9 Å². The summed E-state index contributed by atoms with van der Waals surface area (Å²) in [4.78, 5) is 38.8. The third-order valence-electron chi connectivity index (χ3n) is 4.47. The van der Waals surface area contributed by atoms with Crippen LogP contribution in [-0.2, 0) is 21.2 Å². The molecule has 1 heterocycles. The monoisotopic (exact) mass is 446 g/mol. The Labute approximate surface area is 180 Å². The van der Waals surface area contributed by atoms with Crippen LogP contribution in [0.2, 0.25) is 0 Å². The Morgan fingerprint density at radius 3 is 2.32 bits per heavy atom. The number of carbonyl (C=O) groups excluding carboxylic acids is 3. The number of unbranched alkanes of at least 4 members (excludes halogenated alkanes) is 2. The summed E-state index contributed by atoms with van der Waals surface area (Å²) >= 11 is 0. The predicted molar refractivity (Wildman–Crippen MR) is 112 cm³/mol. The lowest BCUT2D eigenvalue weighted by molar-refractivity contribution is -0.255. The SMILES string of the molecule is CCCCCc1cc(C(=O)NS(=O)(=O)c2ccc(NC(=O)CC)cc2)cnc1C(=O)[O-]. The van der Waals surface area contributed by atoms with Crippen molar-refractivity contribution in [1.29, 1.82) is 0 Å². The lowest BCUT2D eigenvalue weighted by Gasteiger charge is -2.12. The predicted octanol–water partition coefficient (Wildman–Crippen LogP) is 1.65. The van der Waals surface area contributed by atoms with Gasteiger partial charge in [-0.2, -0.15) is 0 Å². The van der Waals surface area contributed by atoms with Crippen molar-refractivity contribution in [3.05, 3.63) is 53.3 Å². The number of aromatic carboxylic acids is 1. The molecule has 0 saturated heterocycles. The fourth-order valence-corrected chi connectivity index (χ4v) is 3.76. The average molecular weight is 447 g/mol. The molecule has 2 rings (SSSR count). The molecular formula is C21H24N3O6S-. The first kappa shape index (κ1) is 24.0. The lowest BCUT2D eigenvalue weighted by atomic mass is 10.0. The van der Waals surface area contributed by atoms with E-state index in [0.717, 1.165) is 19.0 Å². The summed E-state index contributed by atoms with van der Waals surface area (Å²) in [6.45, 7) is 3.68. The van der Waals surface area contributed by atoms with Gasteiger partial charge >= 0.3 is 0 Å². The van der Waals surface area contributed by atoms with Crippen LogP contribution in [0, 0.1) is 0 Å². The van der Waals surface area contributed by atoms with E-state index in [9.17, 15) is 27.9 Å². The van der Waals surface area contributed by atoms with E-state index < -0.39 is 21.9 Å². The van der Waals surface area contributed by atoms with Crippen molar-refractivity contribution in [3.8, 4) is 0 Å². The minimum atomic E-state index is -4.19. The summed E-state index contributed by atoms with van der Waals surface area (Å²) in [5.41, 5.74) is 0.401. The highest BCUT2D eigenvalue weighted by Gasteiger charge is 2.20. The Bertz CT molecular complexity index is 1070. The van der Waals surface area contributed by atoms with E-state index in [1.54, 1.807) is 6.92 Å². The summed E-state index contributed by atoms with van der Waals surface area (Å²) < 4.78 is 27.0. The molecule has 0 fully saturated rings. The molecule has 0 bridgehead atoms. The van der Waals surface area contributed by atoms with Crippen LogP contribution in [0.5, 0.6) is 0 Å². The number of rotatable bonds is 10. The number of hydrogen-bond donors (Lipinski definition) is 2. The molecule has 1 aromatic carbocycles. The minimum absolute atomic E-state index is 0.0769. The van der Waals surface area contributed by atoms with E-state index in [1.807, 2.05) is 11.6 Å². The van der Waals surface area contributed by atoms with E-state index in [4.69, 9.17) is 0 Å². The summed E-state index contributed by atoms with van der Waals surface area (Å²) in [6, 6.07) is 6.66. The normalized spacial score (nSPS) is 11.0. The molecule has 0 saturated carbocycles. The fourth-order valence-electron chi connectivity index (χ4n) is 2.78. The number of aromatic nitrogens is 1. The van der Waals surface area contributed by atoms with Crippen LogP contribution < -0.4 is 15.1 Å². The van der Waals surface area contributed by atoms with Crippen LogP contribution in [0.25, 0.3) is 0 Å². The van der Waals surface area contributed by atoms with Crippen LogP contribution in [0.15, 0.2) is 41.4 Å². The summed E-state index contributed by atoms with van der Waals surface area (Å²) in [7, 11) is -4.19. The topological polar surface area (TPSA) is 145 Å². The number of sulfonamides is 1. The maximum atomic E-state index is 12.5. The van der Waals surface area contributed by atoms with E-state index in [0.29, 0.717) is 24.1 Å². The highest BCUT2D eigenvalue weighted by atomic mass is 32.2. The van der Waals surface area contributed by atoms with Crippen molar-refractivity contribution in [2.24, 2.45) is 0 Å². The van der Waals surface area contributed by atoms with Crippen molar-refractivity contribution in [3.63, 3.8) is 0 Å². The van der Waals surface area contributed by atoms with Gasteiger partial charge in [-0.05, 0) is 48.7 Å². The van der Waals surface area contributed by atoms with E-state index in [-0.39, 0.29) is 28.5 Å². The van der Waals surface area contributed by atoms with E-state index in [2.05, 4.69) is 10.3 Å². The summed E-state index contributed by atoms with van der Waals surface area (Å²) in [6.07, 6.45) is 4.15. The standard InChI is InChI=1S/C21H25N3O6S/c1-3-5-6-7-14-12-15(13-22-19(14)21(27)28)20(26)24-31(29,30)17-10-8-16(9-11-17)23-18(25)4-2/h8-13H,3-7H2,1-2H3,(H,23,25)(H,24,26)(H,27,28)/p-1. The van der Waals surface area contributed by atoms with Gasteiger partial charge in [-0.15, -0.1) is 0 Å². The highest BCUT2D eigenvalue weighted by molar-refractivity contribution is 7.90. The summed E-state index contributed by atoms with van der Waals surface area (Å²) in [5.74, 6) is -2.61. The smallest absolute Gasteiger partial charge is 0.266 e.